The van der Waals surface area contributed by atoms with Crippen LogP contribution in [0, 0.1) is 0 Å². The summed E-state index contributed by atoms with van der Waals surface area (Å²) in [4.78, 5) is 0. The van der Waals surface area contributed by atoms with Crippen LogP contribution in [0.4, 0.5) is 5.69 Å². The Bertz CT molecular complexity index is 1220. The molecule has 1 unspecified atom stereocenters. The molecule has 1 atom stereocenters. The average Bonchev–Trinajstić information content (AvgIpc) is 3.48. The van der Waals surface area contributed by atoms with Gasteiger partial charge < -0.3 is 0 Å². The SMILES string of the molecule is CC(C)(C)c1cnnn1-c1ccc(C2=NN(c3ccccc3)C(c3ccccc3)C2)cc1. The molecular weight excluding hydrogens is 394 g/mol. The number of aromatic nitrogens is 3. The van der Waals surface area contributed by atoms with Gasteiger partial charge in [-0.1, -0.05) is 86.6 Å². The zero-order chi connectivity index (χ0) is 22.1. The maximum absolute atomic E-state index is 5.05. The fourth-order valence-corrected chi connectivity index (χ4v) is 4.17. The van der Waals surface area contributed by atoms with Crippen molar-refractivity contribution >= 4 is 11.4 Å². The van der Waals surface area contributed by atoms with Gasteiger partial charge in [0.15, 0.2) is 0 Å². The first-order chi connectivity index (χ1) is 15.5. The molecule has 32 heavy (non-hydrogen) atoms. The second kappa shape index (κ2) is 8.08. The summed E-state index contributed by atoms with van der Waals surface area (Å²) in [6.45, 7) is 6.52. The topological polar surface area (TPSA) is 46.3 Å². The van der Waals surface area contributed by atoms with Gasteiger partial charge in [0.2, 0.25) is 0 Å². The smallest absolute Gasteiger partial charge is 0.0831 e. The van der Waals surface area contributed by atoms with Crippen molar-refractivity contribution in [1.82, 2.24) is 15.0 Å². The van der Waals surface area contributed by atoms with E-state index < -0.39 is 0 Å². The highest BCUT2D eigenvalue weighted by molar-refractivity contribution is 6.03. The molecule has 160 valence electrons. The van der Waals surface area contributed by atoms with Crippen LogP contribution in [0.1, 0.15) is 50.1 Å². The molecule has 0 aliphatic carbocycles. The molecule has 3 aromatic carbocycles. The van der Waals surface area contributed by atoms with E-state index in [0.717, 1.165) is 34.8 Å². The lowest BCUT2D eigenvalue weighted by molar-refractivity contribution is 0.542. The van der Waals surface area contributed by atoms with Gasteiger partial charge in [-0.15, -0.1) is 5.10 Å². The third kappa shape index (κ3) is 3.82. The number of benzene rings is 3. The quantitative estimate of drug-likeness (QED) is 0.411. The van der Waals surface area contributed by atoms with Gasteiger partial charge in [0, 0.05) is 11.8 Å². The van der Waals surface area contributed by atoms with E-state index in [-0.39, 0.29) is 11.5 Å². The van der Waals surface area contributed by atoms with Crippen molar-refractivity contribution in [2.24, 2.45) is 5.10 Å². The van der Waals surface area contributed by atoms with E-state index in [9.17, 15) is 0 Å². The third-order valence-electron chi connectivity index (χ3n) is 5.88. The van der Waals surface area contributed by atoms with E-state index in [1.165, 1.54) is 5.56 Å². The van der Waals surface area contributed by atoms with E-state index >= 15 is 0 Å². The van der Waals surface area contributed by atoms with Crippen molar-refractivity contribution in [2.45, 2.75) is 38.6 Å². The standard InChI is InChI=1S/C27H27N5/c1-27(2,3)26-19-28-30-32(26)23-16-14-20(15-17-23)24-18-25(21-10-6-4-7-11-21)31(29-24)22-12-8-5-9-13-22/h4-17,19,25H,18H2,1-3H3. The van der Waals surface area contributed by atoms with Gasteiger partial charge in [0.25, 0.3) is 0 Å². The molecular formula is C27H27N5. The zero-order valence-electron chi connectivity index (χ0n) is 18.7. The number of hydrogen-bond acceptors (Lipinski definition) is 4. The second-order valence-electron chi connectivity index (χ2n) is 9.19. The van der Waals surface area contributed by atoms with Gasteiger partial charge in [0.1, 0.15) is 0 Å². The Hall–Kier alpha value is -3.73. The predicted molar refractivity (Wildman–Crippen MR) is 129 cm³/mol. The van der Waals surface area contributed by atoms with Crippen LogP contribution in [0.3, 0.4) is 0 Å². The minimum absolute atomic E-state index is 0.0310. The molecule has 0 fully saturated rings. The molecule has 5 heteroatoms. The van der Waals surface area contributed by atoms with Crippen LogP contribution >= 0.6 is 0 Å². The summed E-state index contributed by atoms with van der Waals surface area (Å²) < 4.78 is 1.92. The van der Waals surface area contributed by atoms with Crippen LogP contribution in [0.2, 0.25) is 0 Å². The number of anilines is 1. The Labute approximate surface area is 189 Å². The first kappa shape index (κ1) is 20.2. The van der Waals surface area contributed by atoms with Gasteiger partial charge in [0.05, 0.1) is 35.0 Å². The first-order valence-electron chi connectivity index (χ1n) is 11.0. The minimum Gasteiger partial charge on any atom is -0.257 e. The average molecular weight is 422 g/mol. The van der Waals surface area contributed by atoms with Gasteiger partial charge >= 0.3 is 0 Å². The first-order valence-corrected chi connectivity index (χ1v) is 11.0. The number of nitrogens with zero attached hydrogens (tertiary/aromatic N) is 5. The maximum atomic E-state index is 5.05. The van der Waals surface area contributed by atoms with Crippen LogP contribution in [-0.4, -0.2) is 20.7 Å². The molecule has 1 aliphatic heterocycles. The lowest BCUT2D eigenvalue weighted by Crippen LogP contribution is -2.18. The Morgan fingerprint density at radius 3 is 2.09 bits per heavy atom. The van der Waals surface area contributed by atoms with E-state index in [2.05, 4.69) is 115 Å². The lowest BCUT2D eigenvalue weighted by atomic mass is 9.92. The van der Waals surface area contributed by atoms with Gasteiger partial charge in [-0.25, -0.2) is 4.68 Å². The van der Waals surface area contributed by atoms with E-state index in [0.29, 0.717) is 0 Å². The summed E-state index contributed by atoms with van der Waals surface area (Å²) in [5, 5.41) is 15.6. The van der Waals surface area contributed by atoms with Crippen LogP contribution in [0.25, 0.3) is 5.69 Å². The highest BCUT2D eigenvalue weighted by Gasteiger charge is 2.30. The van der Waals surface area contributed by atoms with Gasteiger partial charge in [-0.3, -0.25) is 5.01 Å². The predicted octanol–water partition coefficient (Wildman–Crippen LogP) is 5.92. The number of rotatable bonds is 4. The zero-order valence-corrected chi connectivity index (χ0v) is 18.7. The van der Waals surface area contributed by atoms with E-state index in [1.54, 1.807) is 0 Å². The third-order valence-corrected chi connectivity index (χ3v) is 5.88. The van der Waals surface area contributed by atoms with Crippen LogP contribution < -0.4 is 5.01 Å². The van der Waals surface area contributed by atoms with Crippen LogP contribution in [0.15, 0.2) is 96.2 Å². The fraction of sp³-hybridized carbons (Fsp3) is 0.222. The van der Waals surface area contributed by atoms with E-state index in [1.807, 2.05) is 16.9 Å². The number of hydrogen-bond donors (Lipinski definition) is 0. The molecule has 0 saturated heterocycles. The van der Waals surface area contributed by atoms with E-state index in [4.69, 9.17) is 5.10 Å². The molecule has 0 bridgehead atoms. The Morgan fingerprint density at radius 1 is 0.781 bits per heavy atom. The van der Waals surface area contributed by atoms with Crippen LogP contribution in [0.5, 0.6) is 0 Å². The molecule has 5 rings (SSSR count). The molecule has 0 saturated carbocycles. The summed E-state index contributed by atoms with van der Waals surface area (Å²) >= 11 is 0. The maximum Gasteiger partial charge on any atom is 0.0831 e. The summed E-state index contributed by atoms with van der Waals surface area (Å²) in [5.74, 6) is 0. The van der Waals surface area contributed by atoms with Crippen molar-refractivity contribution in [3.63, 3.8) is 0 Å². The Kier molecular flexibility index (Phi) is 5.10. The minimum atomic E-state index is -0.0310. The summed E-state index contributed by atoms with van der Waals surface area (Å²) in [6.07, 6.45) is 2.70. The highest BCUT2D eigenvalue weighted by Crippen LogP contribution is 2.36. The molecule has 0 amide bonds. The molecule has 2 heterocycles. The molecule has 1 aliphatic rings. The van der Waals surface area contributed by atoms with Crippen molar-refractivity contribution in [1.29, 1.82) is 0 Å². The molecule has 5 nitrogen and oxygen atoms in total. The Balaban J connectivity index is 1.48. The van der Waals surface area contributed by atoms with Gasteiger partial charge in [-0.2, -0.15) is 5.10 Å². The summed E-state index contributed by atoms with van der Waals surface area (Å²) in [6, 6.07) is 29.7. The molecule has 1 aromatic heterocycles. The summed E-state index contributed by atoms with van der Waals surface area (Å²) in [5.41, 5.74) is 6.65. The second-order valence-corrected chi connectivity index (χ2v) is 9.19. The lowest BCUT2D eigenvalue weighted by Gasteiger charge is -2.23. The fourth-order valence-electron chi connectivity index (χ4n) is 4.17. The Morgan fingerprint density at radius 2 is 1.44 bits per heavy atom. The number of para-hydroxylation sites is 1. The number of hydrazone groups is 1. The largest absolute Gasteiger partial charge is 0.257 e. The van der Waals surface area contributed by atoms with Gasteiger partial charge in [-0.05, 0) is 35.4 Å². The van der Waals surface area contributed by atoms with Crippen molar-refractivity contribution in [2.75, 3.05) is 5.01 Å². The van der Waals surface area contributed by atoms with Crippen LogP contribution in [-0.2, 0) is 5.41 Å². The normalized spacial score (nSPS) is 16.3. The molecule has 0 radical (unpaired) electrons. The molecule has 0 N–H and O–H groups in total. The van der Waals surface area contributed by atoms with Crippen molar-refractivity contribution in [3.05, 3.63) is 108 Å². The summed E-state index contributed by atoms with van der Waals surface area (Å²) in [7, 11) is 0. The van der Waals surface area contributed by atoms with Crippen molar-refractivity contribution in [3.8, 4) is 5.69 Å². The van der Waals surface area contributed by atoms with Crippen molar-refractivity contribution < 1.29 is 0 Å². The highest BCUT2D eigenvalue weighted by atomic mass is 15.5. The monoisotopic (exact) mass is 421 g/mol. The molecule has 4 aromatic rings. The molecule has 0 spiro atoms.